The number of carboxylic acid groups (broad SMARTS) is 1. The maximum atomic E-state index is 16.6. The number of anilines is 1. The van der Waals surface area contributed by atoms with Crippen molar-refractivity contribution in [1.82, 2.24) is 9.88 Å². The fraction of sp³-hybridized carbons (Fsp3) is 0.448. The highest BCUT2D eigenvalue weighted by atomic mass is 19.1. The van der Waals surface area contributed by atoms with E-state index in [0.717, 1.165) is 24.2 Å². The fourth-order valence-electron chi connectivity index (χ4n) is 6.83. The zero-order valence-electron chi connectivity index (χ0n) is 21.3. The summed E-state index contributed by atoms with van der Waals surface area (Å²) in [6.45, 7) is 3.85. The van der Waals surface area contributed by atoms with Crippen LogP contribution in [-0.4, -0.2) is 46.1 Å². The number of alkyl halides is 2. The highest BCUT2D eigenvalue weighted by Crippen LogP contribution is 2.51. The minimum absolute atomic E-state index is 0.0165. The Labute approximate surface area is 218 Å². The number of fused-ring (bicyclic) bond motifs is 2. The van der Waals surface area contributed by atoms with Crippen molar-refractivity contribution in [2.45, 2.75) is 69.0 Å². The predicted octanol–water partition coefficient (Wildman–Crippen LogP) is 5.23. The molecule has 1 aliphatic heterocycles. The van der Waals surface area contributed by atoms with Crippen LogP contribution in [0.15, 0.2) is 47.4 Å². The van der Waals surface area contributed by atoms with Gasteiger partial charge in [-0.25, -0.2) is 18.0 Å². The normalized spacial score (nSPS) is 29.0. The Morgan fingerprint density at radius 2 is 1.92 bits per heavy atom. The second-order valence-corrected chi connectivity index (χ2v) is 11.2. The van der Waals surface area contributed by atoms with Crippen molar-refractivity contribution in [3.05, 3.63) is 75.3 Å². The number of rotatable bonds is 6. The van der Waals surface area contributed by atoms with E-state index in [2.05, 4.69) is 5.32 Å². The number of benzene rings is 2. The van der Waals surface area contributed by atoms with Crippen LogP contribution in [0, 0.1) is 12.7 Å². The van der Waals surface area contributed by atoms with Crippen LogP contribution in [0.2, 0.25) is 0 Å². The van der Waals surface area contributed by atoms with Gasteiger partial charge in [0.05, 0.1) is 29.3 Å². The van der Waals surface area contributed by atoms with Crippen LogP contribution in [0.1, 0.15) is 66.2 Å². The van der Waals surface area contributed by atoms with Gasteiger partial charge in [-0.2, -0.15) is 0 Å². The molecule has 1 saturated heterocycles. The second-order valence-electron chi connectivity index (χ2n) is 11.2. The lowest BCUT2D eigenvalue weighted by molar-refractivity contribution is 0.0694. The topological polar surface area (TPSA) is 74.6 Å². The first kappa shape index (κ1) is 25.0. The van der Waals surface area contributed by atoms with Gasteiger partial charge in [-0.15, -0.1) is 0 Å². The molecule has 0 bridgehead atoms. The van der Waals surface area contributed by atoms with Gasteiger partial charge in [0.2, 0.25) is 5.43 Å². The van der Waals surface area contributed by atoms with Crippen LogP contribution < -0.4 is 15.6 Å². The molecule has 0 unspecified atom stereocenters. The van der Waals surface area contributed by atoms with Crippen LogP contribution in [0.4, 0.5) is 18.9 Å². The van der Waals surface area contributed by atoms with E-state index < -0.39 is 46.2 Å². The molecule has 6 nitrogen and oxygen atoms in total. The third-order valence-corrected chi connectivity index (χ3v) is 8.79. The largest absolute Gasteiger partial charge is 0.477 e. The number of nitrogens with zero attached hydrogens (tertiary/aromatic N) is 2. The summed E-state index contributed by atoms with van der Waals surface area (Å²) in [6, 6.07) is 10.1. The van der Waals surface area contributed by atoms with Gasteiger partial charge in [-0.05, 0) is 50.3 Å². The molecule has 2 aliphatic carbocycles. The average molecular weight is 526 g/mol. The fourth-order valence-corrected chi connectivity index (χ4v) is 6.83. The van der Waals surface area contributed by atoms with Gasteiger partial charge in [0.25, 0.3) is 0 Å². The van der Waals surface area contributed by atoms with Crippen molar-refractivity contribution >= 4 is 22.6 Å². The van der Waals surface area contributed by atoms with E-state index in [1.807, 2.05) is 37.3 Å². The van der Waals surface area contributed by atoms with Crippen molar-refractivity contribution in [1.29, 1.82) is 0 Å². The Hall–Kier alpha value is -3.33. The number of carbonyl (C=O) groups is 1. The summed E-state index contributed by atoms with van der Waals surface area (Å²) in [5.74, 6) is -2.17. The number of nitrogens with one attached hydrogen (secondary N) is 1. The monoisotopic (exact) mass is 525 g/mol. The minimum atomic E-state index is -1.59. The third-order valence-electron chi connectivity index (χ3n) is 8.79. The predicted molar refractivity (Wildman–Crippen MR) is 139 cm³/mol. The summed E-state index contributed by atoms with van der Waals surface area (Å²) in [7, 11) is 0. The number of halogens is 3. The van der Waals surface area contributed by atoms with Crippen molar-refractivity contribution in [3.63, 3.8) is 0 Å². The summed E-state index contributed by atoms with van der Waals surface area (Å²) in [4.78, 5) is 26.4. The number of aromatic carboxylic acids is 1. The molecular formula is C29H30F3N3O3. The average Bonchev–Trinajstić information content (AvgIpc) is 3.42. The van der Waals surface area contributed by atoms with Crippen molar-refractivity contribution in [2.75, 3.05) is 18.0 Å². The van der Waals surface area contributed by atoms with E-state index in [0.29, 0.717) is 23.9 Å². The quantitative estimate of drug-likeness (QED) is 0.461. The lowest BCUT2D eigenvalue weighted by Crippen LogP contribution is -2.57. The Bertz CT molecular complexity index is 1510. The van der Waals surface area contributed by atoms with E-state index in [-0.39, 0.29) is 36.6 Å². The maximum absolute atomic E-state index is 16.6. The van der Waals surface area contributed by atoms with Crippen LogP contribution in [0.5, 0.6) is 0 Å². The molecule has 0 amide bonds. The van der Waals surface area contributed by atoms with E-state index in [1.54, 1.807) is 11.8 Å². The number of hydrogen-bond donors (Lipinski definition) is 2. The van der Waals surface area contributed by atoms with Crippen molar-refractivity contribution < 1.29 is 23.1 Å². The Morgan fingerprint density at radius 3 is 2.58 bits per heavy atom. The number of aromatic nitrogens is 1. The van der Waals surface area contributed by atoms with Gasteiger partial charge in [-0.1, -0.05) is 30.3 Å². The van der Waals surface area contributed by atoms with Gasteiger partial charge < -0.3 is 19.9 Å². The van der Waals surface area contributed by atoms with Crippen molar-refractivity contribution in [3.8, 4) is 0 Å². The zero-order valence-corrected chi connectivity index (χ0v) is 21.3. The first-order chi connectivity index (χ1) is 18.0. The molecule has 38 heavy (non-hydrogen) atoms. The van der Waals surface area contributed by atoms with E-state index >= 15 is 8.78 Å². The lowest BCUT2D eigenvalue weighted by atomic mass is 9.86. The molecule has 2 aromatic carbocycles. The Balaban J connectivity index is 1.45. The summed E-state index contributed by atoms with van der Waals surface area (Å²) in [6.07, 6.45) is 1.84. The molecule has 0 spiro atoms. The Morgan fingerprint density at radius 1 is 1.21 bits per heavy atom. The van der Waals surface area contributed by atoms with Crippen LogP contribution in [0.3, 0.4) is 0 Å². The van der Waals surface area contributed by atoms with Gasteiger partial charge in [0.15, 0.2) is 0 Å². The summed E-state index contributed by atoms with van der Waals surface area (Å²) >= 11 is 0. The molecule has 1 aromatic heterocycles. The first-order valence-corrected chi connectivity index (χ1v) is 13.1. The standard InChI is InChI=1S/C29H30F3N3O3/c1-16-24-19(26(36)20(27(37)38)13-35(24)23-12-21(23)30)11-22(31)25(16)34-14-28(32)9-6-10-29(28,15-34)33-17(2)18-7-4-3-5-8-18/h3-5,7-8,11,13,17,21,23,33H,6,9-10,12,14-15H2,1-2H3,(H,37,38)/t17-,21-,23+,28+,29-/m0/s1. The molecule has 2 heterocycles. The SMILES string of the molecule is Cc1c(N2C[C@]3(F)CCC[C@]3(N[C@@H](C)c3ccccc3)C2)c(F)cc2c(=O)c(C(=O)O)cn([C@@H]3C[C@@H]3F)c12. The van der Waals surface area contributed by atoms with Gasteiger partial charge in [0, 0.05) is 30.6 Å². The molecule has 5 atom stereocenters. The van der Waals surface area contributed by atoms with Crippen LogP contribution in [0.25, 0.3) is 10.9 Å². The zero-order chi connectivity index (χ0) is 27.0. The van der Waals surface area contributed by atoms with Gasteiger partial charge >= 0.3 is 5.97 Å². The molecule has 2 saturated carbocycles. The van der Waals surface area contributed by atoms with Crippen molar-refractivity contribution in [2.24, 2.45) is 0 Å². The van der Waals surface area contributed by atoms with Crippen LogP contribution >= 0.6 is 0 Å². The summed E-state index contributed by atoms with van der Waals surface area (Å²) in [5, 5.41) is 13.0. The van der Waals surface area contributed by atoms with Gasteiger partial charge in [-0.3, -0.25) is 4.79 Å². The molecule has 9 heteroatoms. The maximum Gasteiger partial charge on any atom is 0.341 e. The number of pyridine rings is 1. The second kappa shape index (κ2) is 8.59. The lowest BCUT2D eigenvalue weighted by Gasteiger charge is -2.37. The number of aryl methyl sites for hydroxylation is 1. The molecular weight excluding hydrogens is 495 g/mol. The summed E-state index contributed by atoms with van der Waals surface area (Å²) < 4.78 is 48.0. The van der Waals surface area contributed by atoms with Crippen LogP contribution in [-0.2, 0) is 0 Å². The molecule has 3 fully saturated rings. The van der Waals surface area contributed by atoms with E-state index in [9.17, 15) is 19.1 Å². The van der Waals surface area contributed by atoms with E-state index in [4.69, 9.17) is 0 Å². The number of carboxylic acids is 1. The molecule has 200 valence electrons. The first-order valence-electron chi connectivity index (χ1n) is 13.1. The minimum Gasteiger partial charge on any atom is -0.477 e. The molecule has 3 aliphatic rings. The smallest absolute Gasteiger partial charge is 0.341 e. The molecule has 2 N–H and O–H groups in total. The molecule has 6 rings (SSSR count). The van der Waals surface area contributed by atoms with Gasteiger partial charge in [0.1, 0.15) is 23.2 Å². The number of hydrogen-bond acceptors (Lipinski definition) is 4. The highest BCUT2D eigenvalue weighted by molar-refractivity contribution is 5.95. The molecule has 0 radical (unpaired) electrons. The van der Waals surface area contributed by atoms with E-state index in [1.165, 1.54) is 4.57 Å². The third kappa shape index (κ3) is 3.66. The summed E-state index contributed by atoms with van der Waals surface area (Å²) in [5.41, 5.74) is -1.94. The highest BCUT2D eigenvalue weighted by Gasteiger charge is 2.62. The molecule has 3 aromatic rings. The Kier molecular flexibility index (Phi) is 5.65.